The van der Waals surface area contributed by atoms with Crippen LogP contribution in [-0.2, 0) is 15.6 Å². The van der Waals surface area contributed by atoms with Gasteiger partial charge in [-0.2, -0.15) is 4.31 Å². The molecule has 0 unspecified atom stereocenters. The second-order valence-corrected chi connectivity index (χ2v) is 9.64. The second kappa shape index (κ2) is 8.51. The number of carbonyl (C=O) groups is 1. The first-order chi connectivity index (χ1) is 13.7. The Morgan fingerprint density at radius 2 is 1.69 bits per heavy atom. The van der Waals surface area contributed by atoms with Gasteiger partial charge in [0.25, 0.3) is 0 Å². The molecule has 2 aromatic rings. The van der Waals surface area contributed by atoms with E-state index in [1.807, 2.05) is 0 Å². The molecule has 1 aliphatic heterocycles. The van der Waals surface area contributed by atoms with Crippen LogP contribution >= 0.6 is 0 Å². The van der Waals surface area contributed by atoms with Crippen LogP contribution < -0.4 is 10.6 Å². The van der Waals surface area contributed by atoms with Gasteiger partial charge in [-0.25, -0.2) is 17.6 Å². The highest BCUT2D eigenvalue weighted by molar-refractivity contribution is 7.89. The molecular weight excluding hydrogens is 393 g/mol. The highest BCUT2D eigenvalue weighted by Crippen LogP contribution is 2.24. The average molecular weight is 420 g/mol. The number of carbonyl (C=O) groups excluding carboxylic acids is 1. The molecule has 3 rings (SSSR count). The summed E-state index contributed by atoms with van der Waals surface area (Å²) in [5.41, 5.74) is 0.390. The van der Waals surface area contributed by atoms with Crippen LogP contribution in [0, 0.1) is 5.82 Å². The van der Waals surface area contributed by atoms with Crippen LogP contribution in [0.25, 0.3) is 0 Å². The number of hydrogen-bond acceptors (Lipinski definition) is 3. The fraction of sp³-hybridized carbons (Fsp3) is 0.381. The Kier molecular flexibility index (Phi) is 6.24. The van der Waals surface area contributed by atoms with Crippen molar-refractivity contribution in [3.63, 3.8) is 0 Å². The average Bonchev–Trinajstić information content (AvgIpc) is 2.68. The molecule has 156 valence electrons. The summed E-state index contributed by atoms with van der Waals surface area (Å²) in [7, 11) is -3.58. The van der Waals surface area contributed by atoms with Gasteiger partial charge in [-0.3, -0.25) is 0 Å². The topological polar surface area (TPSA) is 78.5 Å². The van der Waals surface area contributed by atoms with Crippen molar-refractivity contribution in [1.29, 1.82) is 0 Å². The van der Waals surface area contributed by atoms with Crippen LogP contribution in [0.2, 0.25) is 0 Å². The van der Waals surface area contributed by atoms with Crippen LogP contribution in [0.5, 0.6) is 0 Å². The first-order valence-electron chi connectivity index (χ1n) is 9.64. The summed E-state index contributed by atoms with van der Waals surface area (Å²) in [6.07, 6.45) is 2.76. The third-order valence-electron chi connectivity index (χ3n) is 5.04. The van der Waals surface area contributed by atoms with Crippen LogP contribution in [0.3, 0.4) is 0 Å². The Bertz CT molecular complexity index is 969. The summed E-state index contributed by atoms with van der Waals surface area (Å²) in [5.74, 6) is -0.347. The third-order valence-corrected chi connectivity index (χ3v) is 6.93. The fourth-order valence-electron chi connectivity index (χ4n) is 3.37. The molecule has 0 aliphatic carbocycles. The number of urea groups is 1. The maximum atomic E-state index is 13.1. The van der Waals surface area contributed by atoms with Crippen LogP contribution in [0.1, 0.15) is 38.7 Å². The molecule has 29 heavy (non-hydrogen) atoms. The molecule has 0 spiro atoms. The van der Waals surface area contributed by atoms with Crippen LogP contribution in [0.4, 0.5) is 14.9 Å². The smallest absolute Gasteiger partial charge is 0.319 e. The van der Waals surface area contributed by atoms with Gasteiger partial charge >= 0.3 is 6.03 Å². The minimum Gasteiger partial charge on any atom is -0.329 e. The van der Waals surface area contributed by atoms with Crippen molar-refractivity contribution in [3.05, 3.63) is 59.9 Å². The second-order valence-electron chi connectivity index (χ2n) is 7.70. The maximum absolute atomic E-state index is 13.1. The van der Waals surface area contributed by atoms with Gasteiger partial charge in [0.05, 0.1) is 10.4 Å². The van der Waals surface area contributed by atoms with Gasteiger partial charge in [-0.1, -0.05) is 24.6 Å². The predicted molar refractivity (Wildman–Crippen MR) is 111 cm³/mol. The number of amides is 2. The number of sulfonamides is 1. The largest absolute Gasteiger partial charge is 0.329 e. The van der Waals surface area contributed by atoms with Crippen molar-refractivity contribution < 1.29 is 17.6 Å². The highest BCUT2D eigenvalue weighted by atomic mass is 32.2. The molecule has 1 saturated heterocycles. The molecule has 0 aromatic heterocycles. The Hall–Kier alpha value is -2.45. The Labute approximate surface area is 171 Å². The Balaban J connectivity index is 1.71. The zero-order valence-electron chi connectivity index (χ0n) is 16.6. The third kappa shape index (κ3) is 5.13. The molecule has 1 aliphatic rings. The van der Waals surface area contributed by atoms with Crippen molar-refractivity contribution >= 4 is 21.7 Å². The Morgan fingerprint density at radius 1 is 1.03 bits per heavy atom. The zero-order valence-corrected chi connectivity index (χ0v) is 17.4. The number of benzene rings is 2. The molecule has 2 aromatic carbocycles. The molecule has 1 heterocycles. The zero-order chi connectivity index (χ0) is 21.1. The van der Waals surface area contributed by atoms with E-state index in [0.717, 1.165) is 24.8 Å². The minimum absolute atomic E-state index is 0.162. The quantitative estimate of drug-likeness (QED) is 0.767. The number of rotatable bonds is 5. The molecule has 0 atom stereocenters. The molecule has 1 fully saturated rings. The number of hydrogen-bond donors (Lipinski definition) is 2. The van der Waals surface area contributed by atoms with Gasteiger partial charge in [0, 0.05) is 18.8 Å². The number of halogens is 1. The monoisotopic (exact) mass is 419 g/mol. The van der Waals surface area contributed by atoms with Crippen LogP contribution in [0.15, 0.2) is 53.4 Å². The van der Waals surface area contributed by atoms with Crippen LogP contribution in [-0.4, -0.2) is 31.8 Å². The first-order valence-corrected chi connectivity index (χ1v) is 11.1. The molecule has 0 saturated carbocycles. The summed E-state index contributed by atoms with van der Waals surface area (Å²) in [6.45, 7) is 4.65. The lowest BCUT2D eigenvalue weighted by Crippen LogP contribution is -2.43. The molecule has 2 N–H and O–H groups in total. The van der Waals surface area contributed by atoms with Gasteiger partial charge in [-0.15, -0.1) is 0 Å². The summed E-state index contributed by atoms with van der Waals surface area (Å²) in [4.78, 5) is 12.6. The first kappa shape index (κ1) is 21.3. The lowest BCUT2D eigenvalue weighted by atomic mass is 9.94. The lowest BCUT2D eigenvalue weighted by Gasteiger charge is -2.27. The van der Waals surface area contributed by atoms with E-state index >= 15 is 0 Å². The fourth-order valence-corrected chi connectivity index (χ4v) is 4.94. The van der Waals surface area contributed by atoms with Crippen molar-refractivity contribution in [2.24, 2.45) is 0 Å². The molecule has 0 radical (unpaired) electrons. The number of nitrogens with one attached hydrogen (secondary N) is 2. The summed E-state index contributed by atoms with van der Waals surface area (Å²) in [5, 5.41) is 5.52. The van der Waals surface area contributed by atoms with Crippen molar-refractivity contribution in [2.75, 3.05) is 18.4 Å². The van der Waals surface area contributed by atoms with E-state index in [2.05, 4.69) is 10.6 Å². The van der Waals surface area contributed by atoms with Crippen molar-refractivity contribution in [2.45, 2.75) is 43.5 Å². The molecular formula is C21H26FN3O3S. The van der Waals surface area contributed by atoms with E-state index in [4.69, 9.17) is 0 Å². The normalized spacial score (nSPS) is 15.7. The highest BCUT2D eigenvalue weighted by Gasteiger charge is 2.27. The lowest BCUT2D eigenvalue weighted by molar-refractivity contribution is 0.242. The number of anilines is 1. The van der Waals surface area contributed by atoms with Gasteiger partial charge in [0.1, 0.15) is 5.82 Å². The van der Waals surface area contributed by atoms with Gasteiger partial charge in [0.15, 0.2) is 0 Å². The molecule has 6 nitrogen and oxygen atoms in total. The molecule has 2 amide bonds. The van der Waals surface area contributed by atoms with E-state index < -0.39 is 21.6 Å². The van der Waals surface area contributed by atoms with Gasteiger partial charge in [0.2, 0.25) is 10.0 Å². The minimum atomic E-state index is -3.58. The molecule has 0 bridgehead atoms. The van der Waals surface area contributed by atoms with Crippen molar-refractivity contribution in [1.82, 2.24) is 9.62 Å². The van der Waals surface area contributed by atoms with Crippen molar-refractivity contribution in [3.8, 4) is 0 Å². The van der Waals surface area contributed by atoms with E-state index in [1.165, 1.54) is 28.6 Å². The standard InChI is InChI=1S/C21H26FN3O3S/c1-21(2,16-9-11-17(22)12-10-16)24-20(26)23-18-7-6-8-19(15-18)29(27,28)25-13-4-3-5-14-25/h6-12,15H,3-5,13-14H2,1-2H3,(H2,23,24,26). The SMILES string of the molecule is CC(C)(NC(=O)Nc1cccc(S(=O)(=O)N2CCCCC2)c1)c1ccc(F)cc1. The van der Waals surface area contributed by atoms with Gasteiger partial charge < -0.3 is 10.6 Å². The summed E-state index contributed by atoms with van der Waals surface area (Å²) >= 11 is 0. The van der Waals surface area contributed by atoms with E-state index in [-0.39, 0.29) is 10.7 Å². The maximum Gasteiger partial charge on any atom is 0.319 e. The van der Waals surface area contributed by atoms with E-state index in [1.54, 1.807) is 38.1 Å². The predicted octanol–water partition coefficient (Wildman–Crippen LogP) is 4.06. The Morgan fingerprint density at radius 3 is 2.34 bits per heavy atom. The number of piperidine rings is 1. The molecule has 8 heteroatoms. The summed E-state index contributed by atoms with van der Waals surface area (Å²) < 4.78 is 40.3. The summed E-state index contributed by atoms with van der Waals surface area (Å²) in [6, 6.07) is 11.7. The van der Waals surface area contributed by atoms with Gasteiger partial charge in [-0.05, 0) is 62.6 Å². The number of nitrogens with zero attached hydrogens (tertiary/aromatic N) is 1. The van der Waals surface area contributed by atoms with E-state index in [9.17, 15) is 17.6 Å². The van der Waals surface area contributed by atoms with E-state index in [0.29, 0.717) is 18.8 Å².